The standard InChI is InChI=1S/C21H24N6O2/c1-15-22-19(24-23-15)18-14-26(21(29)17-10-6-11-25(17)2)12-7-13-27(18)20(28)16-8-4-3-5-9-16/h3-6,8-11,18H,7,12-14H2,1-2H3,(H,22,23,24)/t18-/m0/s1. The highest BCUT2D eigenvalue weighted by Gasteiger charge is 2.35. The number of nitrogens with one attached hydrogen (secondary N) is 1. The average molecular weight is 392 g/mol. The Morgan fingerprint density at radius 2 is 1.86 bits per heavy atom. The third-order valence-electron chi connectivity index (χ3n) is 5.24. The number of hydrogen-bond donors (Lipinski definition) is 1. The van der Waals surface area contributed by atoms with E-state index < -0.39 is 6.04 Å². The summed E-state index contributed by atoms with van der Waals surface area (Å²) in [6.45, 7) is 3.27. The Labute approximate surface area is 169 Å². The molecule has 0 aliphatic carbocycles. The number of aryl methyl sites for hydroxylation is 2. The summed E-state index contributed by atoms with van der Waals surface area (Å²) < 4.78 is 1.81. The van der Waals surface area contributed by atoms with Crippen LogP contribution in [-0.2, 0) is 7.05 Å². The van der Waals surface area contributed by atoms with Gasteiger partial charge in [0.2, 0.25) is 0 Å². The van der Waals surface area contributed by atoms with E-state index in [4.69, 9.17) is 0 Å². The number of hydrogen-bond acceptors (Lipinski definition) is 4. The highest BCUT2D eigenvalue weighted by Crippen LogP contribution is 2.26. The number of aromatic nitrogens is 4. The fourth-order valence-electron chi connectivity index (χ4n) is 3.74. The summed E-state index contributed by atoms with van der Waals surface area (Å²) >= 11 is 0. The molecule has 1 aliphatic rings. The van der Waals surface area contributed by atoms with Crippen molar-refractivity contribution in [2.24, 2.45) is 7.05 Å². The van der Waals surface area contributed by atoms with Crippen molar-refractivity contribution in [2.45, 2.75) is 19.4 Å². The lowest BCUT2D eigenvalue weighted by molar-refractivity contribution is 0.0619. The van der Waals surface area contributed by atoms with Gasteiger partial charge in [-0.05, 0) is 37.6 Å². The van der Waals surface area contributed by atoms with E-state index in [0.717, 1.165) is 0 Å². The van der Waals surface area contributed by atoms with Gasteiger partial charge in [-0.25, -0.2) is 4.98 Å². The van der Waals surface area contributed by atoms with E-state index in [1.165, 1.54) is 0 Å². The van der Waals surface area contributed by atoms with Crippen molar-refractivity contribution in [3.05, 3.63) is 71.6 Å². The lowest BCUT2D eigenvalue weighted by Gasteiger charge is -2.30. The molecule has 0 bridgehead atoms. The molecule has 0 unspecified atom stereocenters. The molecule has 0 spiro atoms. The molecular weight excluding hydrogens is 368 g/mol. The van der Waals surface area contributed by atoms with Crippen LogP contribution in [0.5, 0.6) is 0 Å². The third-order valence-corrected chi connectivity index (χ3v) is 5.24. The minimum absolute atomic E-state index is 0.0521. The molecule has 0 saturated carbocycles. The van der Waals surface area contributed by atoms with Gasteiger partial charge < -0.3 is 14.4 Å². The van der Waals surface area contributed by atoms with Crippen LogP contribution in [0, 0.1) is 6.92 Å². The van der Waals surface area contributed by atoms with E-state index in [2.05, 4.69) is 15.2 Å². The summed E-state index contributed by atoms with van der Waals surface area (Å²) in [6.07, 6.45) is 2.54. The smallest absolute Gasteiger partial charge is 0.270 e. The van der Waals surface area contributed by atoms with E-state index in [1.54, 1.807) is 21.9 Å². The highest BCUT2D eigenvalue weighted by molar-refractivity contribution is 5.95. The highest BCUT2D eigenvalue weighted by atomic mass is 16.2. The van der Waals surface area contributed by atoms with Gasteiger partial charge in [0, 0.05) is 38.4 Å². The van der Waals surface area contributed by atoms with E-state index >= 15 is 0 Å². The number of nitrogens with zero attached hydrogens (tertiary/aromatic N) is 5. The minimum atomic E-state index is -0.417. The van der Waals surface area contributed by atoms with Crippen molar-refractivity contribution >= 4 is 11.8 Å². The molecule has 8 heteroatoms. The molecule has 29 heavy (non-hydrogen) atoms. The molecular formula is C21H24N6O2. The molecule has 2 amide bonds. The van der Waals surface area contributed by atoms with Crippen LogP contribution in [0.15, 0.2) is 48.7 Å². The van der Waals surface area contributed by atoms with Crippen molar-refractivity contribution in [3.63, 3.8) is 0 Å². The van der Waals surface area contributed by atoms with Crippen LogP contribution >= 0.6 is 0 Å². The molecule has 3 heterocycles. The fourth-order valence-corrected chi connectivity index (χ4v) is 3.74. The number of rotatable bonds is 3. The second-order valence-electron chi connectivity index (χ2n) is 7.27. The Morgan fingerprint density at radius 3 is 2.52 bits per heavy atom. The average Bonchev–Trinajstić information content (AvgIpc) is 3.29. The van der Waals surface area contributed by atoms with Crippen molar-refractivity contribution in [2.75, 3.05) is 19.6 Å². The van der Waals surface area contributed by atoms with Gasteiger partial charge in [0.15, 0.2) is 5.82 Å². The molecule has 0 radical (unpaired) electrons. The molecule has 1 aliphatic heterocycles. The molecule has 1 fully saturated rings. The number of carbonyl (C=O) groups excluding carboxylic acids is 2. The van der Waals surface area contributed by atoms with Gasteiger partial charge in [-0.15, -0.1) is 0 Å². The minimum Gasteiger partial charge on any atom is -0.347 e. The Morgan fingerprint density at radius 1 is 1.07 bits per heavy atom. The Bertz CT molecular complexity index is 1010. The Hall–Kier alpha value is -3.42. The normalized spacial score (nSPS) is 17.2. The molecule has 2 aromatic heterocycles. The van der Waals surface area contributed by atoms with Crippen molar-refractivity contribution in [1.82, 2.24) is 29.5 Å². The van der Waals surface area contributed by atoms with Crippen molar-refractivity contribution < 1.29 is 9.59 Å². The molecule has 1 atom stereocenters. The van der Waals surface area contributed by atoms with Gasteiger partial charge in [-0.2, -0.15) is 5.10 Å². The summed E-state index contributed by atoms with van der Waals surface area (Å²) in [5.74, 6) is 1.07. The first-order valence-corrected chi connectivity index (χ1v) is 9.70. The molecule has 8 nitrogen and oxygen atoms in total. The van der Waals surface area contributed by atoms with Crippen LogP contribution in [0.4, 0.5) is 0 Å². The first-order chi connectivity index (χ1) is 14.0. The summed E-state index contributed by atoms with van der Waals surface area (Å²) in [5, 5.41) is 7.17. The summed E-state index contributed by atoms with van der Waals surface area (Å²) in [5.41, 5.74) is 1.24. The van der Waals surface area contributed by atoms with Crippen LogP contribution in [-0.4, -0.2) is 61.0 Å². The van der Waals surface area contributed by atoms with Crippen LogP contribution in [0.1, 0.15) is 45.0 Å². The van der Waals surface area contributed by atoms with Gasteiger partial charge in [-0.1, -0.05) is 18.2 Å². The Balaban J connectivity index is 1.67. The third kappa shape index (κ3) is 3.78. The van der Waals surface area contributed by atoms with E-state index in [1.807, 2.05) is 55.1 Å². The van der Waals surface area contributed by atoms with E-state index in [9.17, 15) is 9.59 Å². The number of aromatic amines is 1. The SMILES string of the molecule is Cc1nc([C@@H]2CN(C(=O)c3cccn3C)CCCN2C(=O)c2ccccc2)n[nH]1. The van der Waals surface area contributed by atoms with Gasteiger partial charge in [0.25, 0.3) is 11.8 Å². The number of carbonyl (C=O) groups is 2. The van der Waals surface area contributed by atoms with Crippen LogP contribution in [0.3, 0.4) is 0 Å². The zero-order valence-corrected chi connectivity index (χ0v) is 16.6. The maximum atomic E-state index is 13.3. The molecule has 4 rings (SSSR count). The van der Waals surface area contributed by atoms with Crippen LogP contribution < -0.4 is 0 Å². The van der Waals surface area contributed by atoms with E-state index in [-0.39, 0.29) is 11.8 Å². The zero-order valence-electron chi connectivity index (χ0n) is 16.6. The van der Waals surface area contributed by atoms with Gasteiger partial charge >= 0.3 is 0 Å². The summed E-state index contributed by atoms with van der Waals surface area (Å²) in [7, 11) is 1.85. The second-order valence-corrected chi connectivity index (χ2v) is 7.27. The first-order valence-electron chi connectivity index (χ1n) is 9.70. The summed E-state index contributed by atoms with van der Waals surface area (Å²) in [6, 6.07) is 12.4. The molecule has 150 valence electrons. The van der Waals surface area contributed by atoms with Crippen LogP contribution in [0.25, 0.3) is 0 Å². The number of amides is 2. The lowest BCUT2D eigenvalue weighted by atomic mass is 10.1. The van der Waals surface area contributed by atoms with Crippen LogP contribution in [0.2, 0.25) is 0 Å². The molecule has 1 N–H and O–H groups in total. The van der Waals surface area contributed by atoms with Gasteiger partial charge in [-0.3, -0.25) is 14.7 Å². The lowest BCUT2D eigenvalue weighted by Crippen LogP contribution is -2.41. The summed E-state index contributed by atoms with van der Waals surface area (Å²) in [4.78, 5) is 34.4. The quantitative estimate of drug-likeness (QED) is 0.740. The maximum Gasteiger partial charge on any atom is 0.270 e. The zero-order chi connectivity index (χ0) is 20.4. The molecule has 3 aromatic rings. The van der Waals surface area contributed by atoms with E-state index in [0.29, 0.717) is 49.0 Å². The molecule has 1 aromatic carbocycles. The Kier molecular flexibility index (Phi) is 5.16. The van der Waals surface area contributed by atoms with Crippen molar-refractivity contribution in [1.29, 1.82) is 0 Å². The fraction of sp³-hybridized carbons (Fsp3) is 0.333. The predicted octanol–water partition coefficient (Wildman–Crippen LogP) is 2.18. The number of H-pyrrole nitrogens is 1. The van der Waals surface area contributed by atoms with Crippen molar-refractivity contribution in [3.8, 4) is 0 Å². The van der Waals surface area contributed by atoms with Gasteiger partial charge in [0.05, 0.1) is 0 Å². The predicted molar refractivity (Wildman–Crippen MR) is 107 cm³/mol. The van der Waals surface area contributed by atoms with Gasteiger partial charge in [0.1, 0.15) is 17.6 Å². The first kappa shape index (κ1) is 18.9. The maximum absolute atomic E-state index is 13.3. The second kappa shape index (κ2) is 7.90. The number of benzene rings is 1. The monoisotopic (exact) mass is 392 g/mol. The largest absolute Gasteiger partial charge is 0.347 e. The molecule has 1 saturated heterocycles. The topological polar surface area (TPSA) is 87.1 Å².